The van der Waals surface area contributed by atoms with E-state index in [4.69, 9.17) is 9.47 Å². The van der Waals surface area contributed by atoms with Crippen LogP contribution < -0.4 is 4.74 Å². The van der Waals surface area contributed by atoms with Crippen LogP contribution in [0.25, 0.3) is 10.8 Å². The van der Waals surface area contributed by atoms with Crippen molar-refractivity contribution < 1.29 is 19.1 Å². The lowest BCUT2D eigenvalue weighted by Gasteiger charge is -2.16. The van der Waals surface area contributed by atoms with Gasteiger partial charge in [0.05, 0.1) is 0 Å². The van der Waals surface area contributed by atoms with Crippen LogP contribution in [0.5, 0.6) is 5.75 Å². The van der Waals surface area contributed by atoms with Crippen molar-refractivity contribution in [1.82, 2.24) is 0 Å². The van der Waals surface area contributed by atoms with Gasteiger partial charge in [-0.25, -0.2) is 0 Å². The normalized spacial score (nSPS) is 11.8. The molecule has 1 unspecified atom stereocenters. The first kappa shape index (κ1) is 13.1. The number of carbonyl (C=O) groups is 2. The number of ether oxygens (including phenoxy) is 2. The molecule has 0 fully saturated rings. The zero-order chi connectivity index (χ0) is 13.7. The van der Waals surface area contributed by atoms with E-state index in [1.807, 2.05) is 42.5 Å². The monoisotopic (exact) mass is 258 g/mol. The predicted molar refractivity (Wildman–Crippen MR) is 70.8 cm³/mol. The van der Waals surface area contributed by atoms with Crippen LogP contribution in [-0.4, -0.2) is 18.5 Å². The number of benzene rings is 2. The predicted octanol–water partition coefficient (Wildman–Crippen LogP) is 2.70. The molecule has 0 aliphatic heterocycles. The first-order chi connectivity index (χ1) is 9.20. The van der Waals surface area contributed by atoms with Gasteiger partial charge in [-0.1, -0.05) is 36.4 Å². The van der Waals surface area contributed by atoms with Gasteiger partial charge in [-0.2, -0.15) is 0 Å². The van der Waals surface area contributed by atoms with Gasteiger partial charge in [0.1, 0.15) is 18.5 Å². The molecule has 0 aliphatic carbocycles. The smallest absolute Gasteiger partial charge is 0.316 e. The number of hydrogen-bond donors (Lipinski definition) is 0. The minimum atomic E-state index is -0.738. The maximum Gasteiger partial charge on any atom is 0.316 e. The lowest BCUT2D eigenvalue weighted by Crippen LogP contribution is -2.21. The van der Waals surface area contributed by atoms with E-state index >= 15 is 0 Å². The summed E-state index contributed by atoms with van der Waals surface area (Å²) in [6.07, 6.45) is -0.491. The second kappa shape index (κ2) is 6.00. The molecule has 0 saturated heterocycles. The van der Waals surface area contributed by atoms with Gasteiger partial charge in [0.2, 0.25) is 6.29 Å². The summed E-state index contributed by atoms with van der Waals surface area (Å²) in [6, 6.07) is 13.4. The third-order valence-corrected chi connectivity index (χ3v) is 2.59. The first-order valence-electron chi connectivity index (χ1n) is 5.98. The molecule has 0 radical (unpaired) electrons. The number of esters is 1. The quantitative estimate of drug-likeness (QED) is 0.358. The molecule has 4 nitrogen and oxygen atoms in total. The van der Waals surface area contributed by atoms with Crippen LogP contribution in [-0.2, 0) is 14.3 Å². The van der Waals surface area contributed by atoms with Crippen molar-refractivity contribution in [2.45, 2.75) is 19.6 Å². The highest BCUT2D eigenvalue weighted by Crippen LogP contribution is 2.26. The molecule has 2 rings (SSSR count). The molecule has 2 aromatic rings. The van der Waals surface area contributed by atoms with Crippen molar-refractivity contribution >= 4 is 23.0 Å². The van der Waals surface area contributed by atoms with Crippen LogP contribution in [0.4, 0.5) is 0 Å². The Morgan fingerprint density at radius 2 is 1.95 bits per heavy atom. The Morgan fingerprint density at radius 3 is 2.74 bits per heavy atom. The summed E-state index contributed by atoms with van der Waals surface area (Å²) in [4.78, 5) is 21.4. The fourth-order valence-corrected chi connectivity index (χ4v) is 1.80. The lowest BCUT2D eigenvalue weighted by atomic mass is 10.1. The van der Waals surface area contributed by atoms with E-state index in [1.54, 1.807) is 6.92 Å². The van der Waals surface area contributed by atoms with E-state index in [1.165, 1.54) is 0 Å². The van der Waals surface area contributed by atoms with Gasteiger partial charge in [-0.3, -0.25) is 4.79 Å². The molecular weight excluding hydrogens is 244 g/mol. The SMILES string of the molecule is CC(OC(=O)CC=O)Oc1cccc2ccccc12. The standard InChI is InChI=1S/C15H14O4/c1-11(19-15(17)9-10-16)18-14-8-4-6-12-5-2-3-7-13(12)14/h2-8,10-11H,9H2,1H3. The zero-order valence-electron chi connectivity index (χ0n) is 10.5. The van der Waals surface area contributed by atoms with E-state index in [2.05, 4.69) is 0 Å². The fraction of sp³-hybridized carbons (Fsp3) is 0.200. The molecule has 98 valence electrons. The molecule has 0 bridgehead atoms. The van der Waals surface area contributed by atoms with Crippen molar-refractivity contribution in [1.29, 1.82) is 0 Å². The van der Waals surface area contributed by atoms with E-state index in [0.717, 1.165) is 10.8 Å². The van der Waals surface area contributed by atoms with Crippen molar-refractivity contribution in [3.8, 4) is 5.75 Å². The van der Waals surface area contributed by atoms with E-state index in [-0.39, 0.29) is 6.42 Å². The topological polar surface area (TPSA) is 52.6 Å². The molecule has 0 N–H and O–H groups in total. The van der Waals surface area contributed by atoms with Gasteiger partial charge >= 0.3 is 5.97 Å². The van der Waals surface area contributed by atoms with E-state index in [9.17, 15) is 9.59 Å². The van der Waals surface area contributed by atoms with Crippen molar-refractivity contribution in [2.75, 3.05) is 0 Å². The molecule has 0 heterocycles. The number of hydrogen-bond acceptors (Lipinski definition) is 4. The molecule has 0 amide bonds. The van der Waals surface area contributed by atoms with Crippen molar-refractivity contribution in [2.24, 2.45) is 0 Å². The average Bonchev–Trinajstić information content (AvgIpc) is 2.39. The summed E-state index contributed by atoms with van der Waals surface area (Å²) in [7, 11) is 0. The molecular formula is C15H14O4. The molecule has 1 atom stereocenters. The van der Waals surface area contributed by atoms with Crippen molar-refractivity contribution in [3.63, 3.8) is 0 Å². The van der Waals surface area contributed by atoms with Crippen LogP contribution in [0.1, 0.15) is 13.3 Å². The van der Waals surface area contributed by atoms with E-state index in [0.29, 0.717) is 12.0 Å². The number of carbonyl (C=O) groups excluding carboxylic acids is 2. The second-order valence-electron chi connectivity index (χ2n) is 4.02. The minimum Gasteiger partial charge on any atom is -0.454 e. The summed E-state index contributed by atoms with van der Waals surface area (Å²) in [5.74, 6) is 0.0484. The van der Waals surface area contributed by atoms with Gasteiger partial charge in [0, 0.05) is 12.3 Å². The molecule has 2 aromatic carbocycles. The Morgan fingerprint density at radius 1 is 1.21 bits per heavy atom. The Bertz CT molecular complexity index is 586. The van der Waals surface area contributed by atoms with Crippen LogP contribution >= 0.6 is 0 Å². The third kappa shape index (κ3) is 3.31. The Hall–Kier alpha value is -2.36. The average molecular weight is 258 g/mol. The van der Waals surface area contributed by atoms with Crippen LogP contribution in [0.3, 0.4) is 0 Å². The zero-order valence-corrected chi connectivity index (χ0v) is 10.5. The molecule has 0 saturated carbocycles. The highest BCUT2D eigenvalue weighted by Gasteiger charge is 2.11. The van der Waals surface area contributed by atoms with Gasteiger partial charge in [0.15, 0.2) is 0 Å². The number of rotatable bonds is 5. The summed E-state index contributed by atoms with van der Waals surface area (Å²) in [5, 5.41) is 2.00. The van der Waals surface area contributed by atoms with Gasteiger partial charge in [-0.15, -0.1) is 0 Å². The molecule has 0 spiro atoms. The van der Waals surface area contributed by atoms with Crippen molar-refractivity contribution in [3.05, 3.63) is 42.5 Å². The minimum absolute atomic E-state index is 0.261. The van der Waals surface area contributed by atoms with Crippen LogP contribution in [0.2, 0.25) is 0 Å². The van der Waals surface area contributed by atoms with Crippen LogP contribution in [0.15, 0.2) is 42.5 Å². The summed E-state index contributed by atoms with van der Waals surface area (Å²) >= 11 is 0. The Balaban J connectivity index is 2.12. The number of fused-ring (bicyclic) bond motifs is 1. The Labute approximate surface area is 110 Å². The summed E-state index contributed by atoms with van der Waals surface area (Å²) in [5.41, 5.74) is 0. The molecule has 4 heteroatoms. The molecule has 0 aliphatic rings. The van der Waals surface area contributed by atoms with E-state index < -0.39 is 12.3 Å². The Kier molecular flexibility index (Phi) is 4.13. The summed E-state index contributed by atoms with van der Waals surface area (Å²) in [6.45, 7) is 1.62. The molecule has 19 heavy (non-hydrogen) atoms. The largest absolute Gasteiger partial charge is 0.454 e. The lowest BCUT2D eigenvalue weighted by molar-refractivity contribution is -0.161. The third-order valence-electron chi connectivity index (χ3n) is 2.59. The van der Waals surface area contributed by atoms with Gasteiger partial charge < -0.3 is 14.3 Å². The fourth-order valence-electron chi connectivity index (χ4n) is 1.80. The molecule has 0 aromatic heterocycles. The highest BCUT2D eigenvalue weighted by atomic mass is 16.7. The first-order valence-corrected chi connectivity index (χ1v) is 5.98. The maximum atomic E-state index is 11.2. The summed E-state index contributed by atoms with van der Waals surface area (Å²) < 4.78 is 10.5. The van der Waals surface area contributed by atoms with Crippen LogP contribution in [0, 0.1) is 0 Å². The van der Waals surface area contributed by atoms with Gasteiger partial charge in [0.25, 0.3) is 0 Å². The van der Waals surface area contributed by atoms with Gasteiger partial charge in [-0.05, 0) is 11.5 Å². The number of aldehydes is 1. The maximum absolute atomic E-state index is 11.2. The highest BCUT2D eigenvalue weighted by molar-refractivity contribution is 5.88. The second-order valence-corrected chi connectivity index (χ2v) is 4.02.